The highest BCUT2D eigenvalue weighted by atomic mass is 16.5. The van der Waals surface area contributed by atoms with Crippen molar-refractivity contribution in [3.63, 3.8) is 0 Å². The smallest absolute Gasteiger partial charge is 0.337 e. The molecule has 0 amide bonds. The van der Waals surface area contributed by atoms with Gasteiger partial charge in [-0.25, -0.2) is 4.79 Å². The normalized spacial score (nSPS) is 16.4. The number of ether oxygens (including phenoxy) is 1. The number of hydrogen-bond acceptors (Lipinski definition) is 6. The van der Waals surface area contributed by atoms with E-state index in [0.717, 1.165) is 43.7 Å². The number of hydrogen-bond donors (Lipinski definition) is 0. The Balaban J connectivity index is 1.70. The predicted molar refractivity (Wildman–Crippen MR) is 85.0 cm³/mol. The maximum atomic E-state index is 11.6. The Bertz CT molecular complexity index is 675. The molecule has 0 aliphatic carbocycles. The van der Waals surface area contributed by atoms with Crippen molar-refractivity contribution >= 4 is 5.97 Å². The Morgan fingerprint density at radius 1 is 1.39 bits per heavy atom. The third kappa shape index (κ3) is 3.76. The van der Waals surface area contributed by atoms with Crippen LogP contribution < -0.4 is 0 Å². The van der Waals surface area contributed by atoms with Gasteiger partial charge in [-0.05, 0) is 57.1 Å². The number of nitrogens with zero attached hydrogens (tertiary/aromatic N) is 3. The zero-order chi connectivity index (χ0) is 16.2. The van der Waals surface area contributed by atoms with Crippen molar-refractivity contribution in [1.82, 2.24) is 15.0 Å². The lowest BCUT2D eigenvalue weighted by atomic mass is 9.94. The minimum Gasteiger partial charge on any atom is -0.465 e. The van der Waals surface area contributed by atoms with Crippen LogP contribution in [0.3, 0.4) is 0 Å². The third-order valence-corrected chi connectivity index (χ3v) is 4.31. The van der Waals surface area contributed by atoms with Crippen molar-refractivity contribution in [2.75, 3.05) is 27.2 Å². The van der Waals surface area contributed by atoms with Gasteiger partial charge in [-0.1, -0.05) is 11.2 Å². The Morgan fingerprint density at radius 3 is 2.91 bits per heavy atom. The van der Waals surface area contributed by atoms with Gasteiger partial charge in [-0.3, -0.25) is 0 Å². The lowest BCUT2D eigenvalue weighted by Crippen LogP contribution is -2.31. The van der Waals surface area contributed by atoms with Crippen LogP contribution in [0.15, 0.2) is 28.8 Å². The van der Waals surface area contributed by atoms with Crippen molar-refractivity contribution in [2.24, 2.45) is 5.92 Å². The van der Waals surface area contributed by atoms with E-state index in [0.29, 0.717) is 17.4 Å². The first kappa shape index (κ1) is 15.7. The number of esters is 1. The molecule has 6 heteroatoms. The molecule has 0 radical (unpaired) electrons. The average Bonchev–Trinajstić information content (AvgIpc) is 3.05. The van der Waals surface area contributed by atoms with Gasteiger partial charge in [-0.15, -0.1) is 0 Å². The minimum atomic E-state index is -0.377. The standard InChI is InChI=1S/C17H21N3O3/c1-20-8-6-12(7-9-20)10-15-18-16(23-19-15)13-4-3-5-14(11-13)17(21)22-2/h3-5,11-12H,6-10H2,1-2H3. The number of piperidine rings is 1. The zero-order valence-corrected chi connectivity index (χ0v) is 13.5. The highest BCUT2D eigenvalue weighted by Gasteiger charge is 2.20. The summed E-state index contributed by atoms with van der Waals surface area (Å²) < 4.78 is 10.1. The fourth-order valence-corrected chi connectivity index (χ4v) is 2.88. The molecule has 3 rings (SSSR count). The van der Waals surface area contributed by atoms with Gasteiger partial charge in [0, 0.05) is 12.0 Å². The number of aromatic nitrogens is 2. The molecule has 0 spiro atoms. The van der Waals surface area contributed by atoms with Crippen LogP contribution in [-0.4, -0.2) is 48.3 Å². The second kappa shape index (κ2) is 6.91. The number of benzene rings is 1. The van der Waals surface area contributed by atoms with E-state index >= 15 is 0 Å². The quantitative estimate of drug-likeness (QED) is 0.807. The van der Waals surface area contributed by atoms with Gasteiger partial charge >= 0.3 is 5.97 Å². The van der Waals surface area contributed by atoms with E-state index in [1.807, 2.05) is 6.07 Å². The molecule has 1 aromatic heterocycles. The molecule has 0 unspecified atom stereocenters. The summed E-state index contributed by atoms with van der Waals surface area (Å²) in [4.78, 5) is 18.4. The molecule has 1 aromatic carbocycles. The number of likely N-dealkylation sites (tertiary alicyclic amines) is 1. The first-order chi connectivity index (χ1) is 11.2. The Labute approximate surface area is 135 Å². The third-order valence-electron chi connectivity index (χ3n) is 4.31. The van der Waals surface area contributed by atoms with E-state index in [-0.39, 0.29) is 5.97 Å². The summed E-state index contributed by atoms with van der Waals surface area (Å²) in [6.07, 6.45) is 3.17. The first-order valence-electron chi connectivity index (χ1n) is 7.85. The minimum absolute atomic E-state index is 0.377. The van der Waals surface area contributed by atoms with Gasteiger partial charge in [0.05, 0.1) is 12.7 Å². The van der Waals surface area contributed by atoms with Crippen LogP contribution in [0.25, 0.3) is 11.5 Å². The predicted octanol–water partition coefficient (Wildman–Crippen LogP) is 2.41. The van der Waals surface area contributed by atoms with E-state index in [2.05, 4.69) is 22.1 Å². The SMILES string of the molecule is COC(=O)c1cccc(-c2nc(CC3CCN(C)CC3)no2)c1. The molecule has 2 aromatic rings. The van der Waals surface area contributed by atoms with Gasteiger partial charge in [-0.2, -0.15) is 4.98 Å². The zero-order valence-electron chi connectivity index (χ0n) is 13.5. The van der Waals surface area contributed by atoms with Gasteiger partial charge in [0.1, 0.15) is 0 Å². The van der Waals surface area contributed by atoms with Crippen LogP contribution in [0.4, 0.5) is 0 Å². The fraction of sp³-hybridized carbons (Fsp3) is 0.471. The molecular weight excluding hydrogens is 294 g/mol. The second-order valence-electron chi connectivity index (χ2n) is 6.04. The van der Waals surface area contributed by atoms with E-state index in [1.165, 1.54) is 7.11 Å². The maximum Gasteiger partial charge on any atom is 0.337 e. The molecule has 2 heterocycles. The van der Waals surface area contributed by atoms with Crippen LogP contribution in [0, 0.1) is 5.92 Å². The number of carbonyl (C=O) groups excluding carboxylic acids is 1. The molecule has 23 heavy (non-hydrogen) atoms. The molecule has 1 aliphatic rings. The molecular formula is C17H21N3O3. The van der Waals surface area contributed by atoms with E-state index in [1.54, 1.807) is 18.2 Å². The van der Waals surface area contributed by atoms with Crippen molar-refractivity contribution in [3.8, 4) is 11.5 Å². The summed E-state index contributed by atoms with van der Waals surface area (Å²) in [5.74, 6) is 1.41. The molecule has 122 valence electrons. The van der Waals surface area contributed by atoms with Gasteiger partial charge < -0.3 is 14.2 Å². The van der Waals surface area contributed by atoms with Crippen LogP contribution >= 0.6 is 0 Å². The summed E-state index contributed by atoms with van der Waals surface area (Å²) in [5, 5.41) is 4.08. The fourth-order valence-electron chi connectivity index (χ4n) is 2.88. The highest BCUT2D eigenvalue weighted by Crippen LogP contribution is 2.23. The number of carbonyl (C=O) groups is 1. The monoisotopic (exact) mass is 315 g/mol. The van der Waals surface area contributed by atoms with E-state index in [4.69, 9.17) is 9.26 Å². The van der Waals surface area contributed by atoms with Crippen LogP contribution in [0.5, 0.6) is 0 Å². The largest absolute Gasteiger partial charge is 0.465 e. The van der Waals surface area contributed by atoms with Crippen LogP contribution in [-0.2, 0) is 11.2 Å². The lowest BCUT2D eigenvalue weighted by molar-refractivity contribution is 0.0601. The number of methoxy groups -OCH3 is 1. The van der Waals surface area contributed by atoms with E-state index in [9.17, 15) is 4.79 Å². The summed E-state index contributed by atoms with van der Waals surface area (Å²) in [7, 11) is 3.51. The van der Waals surface area contributed by atoms with Crippen LogP contribution in [0.2, 0.25) is 0 Å². The second-order valence-corrected chi connectivity index (χ2v) is 6.04. The summed E-state index contributed by atoms with van der Waals surface area (Å²) in [5.41, 5.74) is 1.20. The Hall–Kier alpha value is -2.21. The molecule has 1 saturated heterocycles. The van der Waals surface area contributed by atoms with Crippen LogP contribution in [0.1, 0.15) is 29.0 Å². The maximum absolute atomic E-state index is 11.6. The lowest BCUT2D eigenvalue weighted by Gasteiger charge is -2.27. The number of rotatable bonds is 4. The van der Waals surface area contributed by atoms with Crippen molar-refractivity contribution in [3.05, 3.63) is 35.7 Å². The molecule has 0 saturated carbocycles. The molecule has 0 atom stereocenters. The summed E-state index contributed by atoms with van der Waals surface area (Å²) >= 11 is 0. The summed E-state index contributed by atoms with van der Waals surface area (Å²) in [6, 6.07) is 7.03. The molecule has 1 aliphatic heterocycles. The Morgan fingerprint density at radius 2 is 2.17 bits per heavy atom. The highest BCUT2D eigenvalue weighted by molar-refractivity contribution is 5.90. The first-order valence-corrected chi connectivity index (χ1v) is 7.85. The molecule has 0 N–H and O–H groups in total. The molecule has 6 nitrogen and oxygen atoms in total. The van der Waals surface area contributed by atoms with Crippen molar-refractivity contribution in [2.45, 2.75) is 19.3 Å². The molecule has 1 fully saturated rings. The topological polar surface area (TPSA) is 68.5 Å². The Kier molecular flexibility index (Phi) is 4.71. The van der Waals surface area contributed by atoms with Gasteiger partial charge in [0.25, 0.3) is 5.89 Å². The summed E-state index contributed by atoms with van der Waals surface area (Å²) in [6.45, 7) is 2.24. The van der Waals surface area contributed by atoms with Crippen molar-refractivity contribution < 1.29 is 14.1 Å². The van der Waals surface area contributed by atoms with Gasteiger partial charge in [0.2, 0.25) is 0 Å². The van der Waals surface area contributed by atoms with Crippen molar-refractivity contribution in [1.29, 1.82) is 0 Å². The average molecular weight is 315 g/mol. The van der Waals surface area contributed by atoms with E-state index < -0.39 is 0 Å². The molecule has 0 bridgehead atoms. The van der Waals surface area contributed by atoms with Gasteiger partial charge in [0.15, 0.2) is 5.82 Å².